The molecule has 2 fully saturated rings. The van der Waals surface area contributed by atoms with Gasteiger partial charge in [0, 0.05) is 33.2 Å². The molecular formula is C21H30N2O5. The maximum atomic E-state index is 11.6. The number of amides is 1. The number of piperidine rings is 1. The van der Waals surface area contributed by atoms with Crippen LogP contribution in [-0.4, -0.2) is 63.9 Å². The lowest BCUT2D eigenvalue weighted by Crippen LogP contribution is -2.69. The molecule has 7 heteroatoms. The zero-order valence-electron chi connectivity index (χ0n) is 16.6. The molecule has 2 saturated heterocycles. The van der Waals surface area contributed by atoms with Crippen molar-refractivity contribution in [3.63, 3.8) is 0 Å². The molecular weight excluding hydrogens is 360 g/mol. The summed E-state index contributed by atoms with van der Waals surface area (Å²) in [5.74, 6) is -0.964. The molecule has 7 nitrogen and oxygen atoms in total. The molecule has 0 aromatic heterocycles. The monoisotopic (exact) mass is 390 g/mol. The second kappa shape index (κ2) is 8.19. The molecule has 2 heterocycles. The van der Waals surface area contributed by atoms with Crippen molar-refractivity contribution in [1.82, 2.24) is 10.2 Å². The van der Waals surface area contributed by atoms with Gasteiger partial charge in [0.05, 0.1) is 17.6 Å². The zero-order valence-corrected chi connectivity index (χ0v) is 16.6. The predicted octanol–water partition coefficient (Wildman–Crippen LogP) is 1.32. The Balaban J connectivity index is 1.59. The van der Waals surface area contributed by atoms with Crippen LogP contribution in [0.5, 0.6) is 0 Å². The van der Waals surface area contributed by atoms with Crippen LogP contribution in [0.1, 0.15) is 44.2 Å². The average molecular weight is 390 g/mol. The minimum Gasteiger partial charge on any atom is -0.481 e. The van der Waals surface area contributed by atoms with Gasteiger partial charge in [0.1, 0.15) is 6.10 Å². The van der Waals surface area contributed by atoms with E-state index in [9.17, 15) is 14.7 Å². The number of likely N-dealkylation sites (tertiary alicyclic amines) is 1. The lowest BCUT2D eigenvalue weighted by molar-refractivity contribution is -0.208. The van der Waals surface area contributed by atoms with Gasteiger partial charge in [-0.05, 0) is 37.3 Å². The first-order chi connectivity index (χ1) is 13.2. The van der Waals surface area contributed by atoms with E-state index in [1.165, 1.54) is 6.92 Å². The fraction of sp³-hybridized carbons (Fsp3) is 0.619. The molecule has 0 unspecified atom stereocenters. The number of hydrogen-bond acceptors (Lipinski definition) is 5. The number of nitrogens with one attached hydrogen (secondary N) is 1. The van der Waals surface area contributed by atoms with Gasteiger partial charge in [-0.15, -0.1) is 0 Å². The third-order valence-corrected chi connectivity index (χ3v) is 6.06. The van der Waals surface area contributed by atoms with Crippen molar-refractivity contribution >= 4 is 11.9 Å². The van der Waals surface area contributed by atoms with E-state index in [1.807, 2.05) is 31.2 Å². The smallest absolute Gasteiger partial charge is 0.307 e. The van der Waals surface area contributed by atoms with Crippen molar-refractivity contribution in [2.75, 3.05) is 19.7 Å². The van der Waals surface area contributed by atoms with Gasteiger partial charge in [0.15, 0.2) is 0 Å². The Morgan fingerprint density at radius 1 is 1.18 bits per heavy atom. The predicted molar refractivity (Wildman–Crippen MR) is 104 cm³/mol. The fourth-order valence-electron chi connectivity index (χ4n) is 4.50. The molecule has 0 bridgehead atoms. The van der Waals surface area contributed by atoms with Gasteiger partial charge in [0.25, 0.3) is 0 Å². The molecule has 154 valence electrons. The SMILES string of the molecule is CC(=O)N[C@@]1(C)CCOC2(CCN(Cc3ccc(CC(=O)O)cc3)CC2)[C@@H]1O. The average Bonchev–Trinajstić information content (AvgIpc) is 2.62. The topological polar surface area (TPSA) is 99.1 Å². The number of benzene rings is 1. The molecule has 1 aromatic rings. The molecule has 2 aliphatic heterocycles. The van der Waals surface area contributed by atoms with Gasteiger partial charge < -0.3 is 20.3 Å². The molecule has 0 aliphatic carbocycles. The highest BCUT2D eigenvalue weighted by Crippen LogP contribution is 2.40. The van der Waals surface area contributed by atoms with Gasteiger partial charge in [-0.2, -0.15) is 0 Å². The highest BCUT2D eigenvalue weighted by atomic mass is 16.5. The standard InChI is InChI=1S/C21H30N2O5/c1-15(24)22-20(2)9-12-28-21(19(20)27)7-10-23(11-8-21)14-17-5-3-16(4-6-17)13-18(25)26/h3-6,19,27H,7-14H2,1-2H3,(H,22,24)(H,25,26)/t19-,20+/m1/s1. The second-order valence-corrected chi connectivity index (χ2v) is 8.33. The Labute approximate surface area is 165 Å². The highest BCUT2D eigenvalue weighted by Gasteiger charge is 2.53. The number of aliphatic carboxylic acids is 1. The summed E-state index contributed by atoms with van der Waals surface area (Å²) in [5, 5.41) is 22.8. The molecule has 1 amide bonds. The maximum absolute atomic E-state index is 11.6. The van der Waals surface area contributed by atoms with Crippen molar-refractivity contribution in [2.45, 2.75) is 63.3 Å². The van der Waals surface area contributed by atoms with E-state index in [4.69, 9.17) is 9.84 Å². The number of hydrogen-bond donors (Lipinski definition) is 3. The van der Waals surface area contributed by atoms with E-state index in [-0.39, 0.29) is 12.3 Å². The number of carboxylic acid groups (broad SMARTS) is 1. The highest BCUT2D eigenvalue weighted by molar-refractivity contribution is 5.74. The summed E-state index contributed by atoms with van der Waals surface area (Å²) in [6.07, 6.45) is 1.31. The minimum absolute atomic E-state index is 0.0365. The Morgan fingerprint density at radius 2 is 1.79 bits per heavy atom. The van der Waals surface area contributed by atoms with Crippen LogP contribution < -0.4 is 5.32 Å². The summed E-state index contributed by atoms with van der Waals surface area (Å²) in [7, 11) is 0. The normalized spacial score (nSPS) is 27.5. The van der Waals surface area contributed by atoms with Crippen LogP contribution >= 0.6 is 0 Å². The van der Waals surface area contributed by atoms with E-state index >= 15 is 0 Å². The van der Waals surface area contributed by atoms with E-state index < -0.39 is 23.2 Å². The molecule has 3 rings (SSSR count). The van der Waals surface area contributed by atoms with Gasteiger partial charge >= 0.3 is 5.97 Å². The summed E-state index contributed by atoms with van der Waals surface area (Å²) in [6, 6.07) is 7.68. The van der Waals surface area contributed by atoms with Crippen LogP contribution in [0.2, 0.25) is 0 Å². The number of ether oxygens (including phenoxy) is 1. The summed E-state index contributed by atoms with van der Waals surface area (Å²) in [6.45, 7) is 6.27. The van der Waals surface area contributed by atoms with Gasteiger partial charge in [-0.1, -0.05) is 24.3 Å². The molecule has 1 aromatic carbocycles. The van der Waals surface area contributed by atoms with Crippen LogP contribution in [0, 0.1) is 0 Å². The third-order valence-electron chi connectivity index (χ3n) is 6.06. The first kappa shape index (κ1) is 20.8. The van der Waals surface area contributed by atoms with Crippen molar-refractivity contribution in [2.24, 2.45) is 0 Å². The summed E-state index contributed by atoms with van der Waals surface area (Å²) in [5.41, 5.74) is 0.659. The Bertz CT molecular complexity index is 712. The summed E-state index contributed by atoms with van der Waals surface area (Å²) >= 11 is 0. The number of carboxylic acids is 1. The second-order valence-electron chi connectivity index (χ2n) is 8.33. The van der Waals surface area contributed by atoms with Gasteiger partial charge in [0.2, 0.25) is 5.91 Å². The summed E-state index contributed by atoms with van der Waals surface area (Å²) < 4.78 is 6.06. The minimum atomic E-state index is -0.827. The van der Waals surface area contributed by atoms with Crippen LogP contribution in [-0.2, 0) is 27.3 Å². The Kier molecular flexibility index (Phi) is 6.07. The maximum Gasteiger partial charge on any atom is 0.307 e. The number of rotatable bonds is 5. The Morgan fingerprint density at radius 3 is 2.36 bits per heavy atom. The lowest BCUT2D eigenvalue weighted by Gasteiger charge is -2.53. The number of carbonyl (C=O) groups excluding carboxylic acids is 1. The fourth-order valence-corrected chi connectivity index (χ4v) is 4.50. The van der Waals surface area contributed by atoms with Crippen LogP contribution in [0.4, 0.5) is 0 Å². The third kappa shape index (κ3) is 4.54. The van der Waals surface area contributed by atoms with Crippen molar-refractivity contribution in [3.8, 4) is 0 Å². The van der Waals surface area contributed by atoms with Gasteiger partial charge in [-0.25, -0.2) is 0 Å². The molecule has 2 aliphatic rings. The largest absolute Gasteiger partial charge is 0.481 e. The number of nitrogens with zero attached hydrogens (tertiary/aromatic N) is 1. The molecule has 3 N–H and O–H groups in total. The van der Waals surface area contributed by atoms with Crippen LogP contribution in [0.3, 0.4) is 0 Å². The van der Waals surface area contributed by atoms with Crippen LogP contribution in [0.15, 0.2) is 24.3 Å². The van der Waals surface area contributed by atoms with Crippen molar-refractivity contribution in [3.05, 3.63) is 35.4 Å². The van der Waals surface area contributed by atoms with Crippen LogP contribution in [0.25, 0.3) is 0 Å². The van der Waals surface area contributed by atoms with Crippen molar-refractivity contribution in [1.29, 1.82) is 0 Å². The Hall–Kier alpha value is -1.96. The van der Waals surface area contributed by atoms with Crippen molar-refractivity contribution < 1.29 is 24.5 Å². The van der Waals surface area contributed by atoms with E-state index in [0.29, 0.717) is 25.9 Å². The molecule has 0 radical (unpaired) electrons. The zero-order chi connectivity index (χ0) is 20.4. The molecule has 2 atom stereocenters. The van der Waals surface area contributed by atoms with E-state index in [2.05, 4.69) is 10.2 Å². The molecule has 0 saturated carbocycles. The summed E-state index contributed by atoms with van der Waals surface area (Å²) in [4.78, 5) is 24.7. The number of aliphatic hydroxyl groups excluding tert-OH is 1. The molecule has 1 spiro atoms. The van der Waals surface area contributed by atoms with E-state index in [0.717, 1.165) is 30.8 Å². The number of carbonyl (C=O) groups is 2. The lowest BCUT2D eigenvalue weighted by atomic mass is 9.73. The van der Waals surface area contributed by atoms with Gasteiger partial charge in [-0.3, -0.25) is 14.5 Å². The first-order valence-corrected chi connectivity index (χ1v) is 9.85. The quantitative estimate of drug-likeness (QED) is 0.701. The first-order valence-electron chi connectivity index (χ1n) is 9.85. The number of aliphatic hydroxyl groups is 1. The van der Waals surface area contributed by atoms with E-state index in [1.54, 1.807) is 0 Å². The molecule has 28 heavy (non-hydrogen) atoms.